The van der Waals surface area contributed by atoms with E-state index in [2.05, 4.69) is 18.3 Å². The second-order valence-corrected chi connectivity index (χ2v) is 3.66. The number of aryl methyl sites for hydroxylation is 1. The number of pyridine rings is 1. The van der Waals surface area contributed by atoms with Gasteiger partial charge in [-0.15, -0.1) is 0 Å². The fourth-order valence-electron chi connectivity index (χ4n) is 1.56. The van der Waals surface area contributed by atoms with E-state index in [-0.39, 0.29) is 0 Å². The first kappa shape index (κ1) is 10.9. The average molecular weight is 218 g/mol. The van der Waals surface area contributed by atoms with Crippen LogP contribution in [0.2, 0.25) is 0 Å². The maximum atomic E-state index is 5.46. The highest BCUT2D eigenvalue weighted by Crippen LogP contribution is 2.19. The molecule has 84 valence electrons. The molecule has 0 aliphatic carbocycles. The number of nitrogens with zero attached hydrogens (tertiary/aromatic N) is 1. The van der Waals surface area contributed by atoms with E-state index < -0.39 is 0 Å². The molecule has 0 atom stereocenters. The van der Waals surface area contributed by atoms with Crippen molar-refractivity contribution in [3.63, 3.8) is 0 Å². The van der Waals surface area contributed by atoms with Gasteiger partial charge in [-0.1, -0.05) is 0 Å². The van der Waals surface area contributed by atoms with Crippen molar-refractivity contribution in [3.8, 4) is 5.75 Å². The molecule has 0 fully saturated rings. The number of ether oxygens (including phenoxy) is 2. The Morgan fingerprint density at radius 3 is 2.88 bits per heavy atom. The molecule has 0 amide bonds. The van der Waals surface area contributed by atoms with Crippen LogP contribution in [0.15, 0.2) is 36.7 Å². The van der Waals surface area contributed by atoms with Crippen molar-refractivity contribution in [1.29, 1.82) is 0 Å². The summed E-state index contributed by atoms with van der Waals surface area (Å²) < 4.78 is 12.6. The molecule has 0 bridgehead atoms. The minimum atomic E-state index is 0.308. The number of aromatic nitrogens is 1. The summed E-state index contributed by atoms with van der Waals surface area (Å²) in [7, 11) is 2.01. The van der Waals surface area contributed by atoms with Crippen molar-refractivity contribution in [3.05, 3.63) is 36.7 Å². The van der Waals surface area contributed by atoms with Gasteiger partial charge in [0.25, 0.3) is 0 Å². The molecule has 0 N–H and O–H groups in total. The minimum absolute atomic E-state index is 0.308. The van der Waals surface area contributed by atoms with E-state index in [9.17, 15) is 0 Å². The van der Waals surface area contributed by atoms with Crippen molar-refractivity contribution in [2.45, 2.75) is 6.92 Å². The van der Waals surface area contributed by atoms with Crippen LogP contribution in [0.25, 0.3) is 10.8 Å². The Kier molecular flexibility index (Phi) is 3.37. The van der Waals surface area contributed by atoms with E-state index in [1.807, 2.05) is 36.9 Å². The van der Waals surface area contributed by atoms with Gasteiger partial charge in [0.2, 0.25) is 0 Å². The molecule has 0 aliphatic heterocycles. The highest BCUT2D eigenvalue weighted by molar-refractivity contribution is 5.82. The lowest BCUT2D eigenvalue weighted by Crippen LogP contribution is -2.25. The first-order valence-corrected chi connectivity index (χ1v) is 5.39. The van der Waals surface area contributed by atoms with Crippen molar-refractivity contribution >= 4 is 10.8 Å². The topological polar surface area (TPSA) is 22.3 Å². The largest absolute Gasteiger partial charge is 0.468 e. The van der Waals surface area contributed by atoms with Crippen LogP contribution >= 0.6 is 0 Å². The Hall–Kier alpha value is -1.61. The van der Waals surface area contributed by atoms with Gasteiger partial charge >= 0.3 is 0 Å². The smallest absolute Gasteiger partial charge is 0.189 e. The summed E-state index contributed by atoms with van der Waals surface area (Å²) in [6.45, 7) is 2.93. The lowest BCUT2D eigenvalue weighted by atomic mass is 10.2. The van der Waals surface area contributed by atoms with Crippen LogP contribution in [0.3, 0.4) is 0 Å². The van der Waals surface area contributed by atoms with E-state index in [1.165, 1.54) is 10.8 Å². The molecule has 0 saturated carbocycles. The standard InChI is InChI=1S/C13H16NO2/c1-3-15-10-16-13-5-4-12-9-14(2)7-6-11(12)8-13/h4-9H,3,10H2,1-2H3/q+1. The van der Waals surface area contributed by atoms with Gasteiger partial charge in [-0.05, 0) is 30.5 Å². The van der Waals surface area contributed by atoms with Crippen molar-refractivity contribution in [2.24, 2.45) is 7.05 Å². The second-order valence-electron chi connectivity index (χ2n) is 3.66. The van der Waals surface area contributed by atoms with Gasteiger partial charge in [-0.25, -0.2) is 4.57 Å². The van der Waals surface area contributed by atoms with Crippen molar-refractivity contribution < 1.29 is 14.0 Å². The summed E-state index contributed by atoms with van der Waals surface area (Å²) in [5.41, 5.74) is 0. The zero-order valence-corrected chi connectivity index (χ0v) is 9.64. The molecule has 3 nitrogen and oxygen atoms in total. The highest BCUT2D eigenvalue weighted by Gasteiger charge is 2.00. The number of hydrogen-bond acceptors (Lipinski definition) is 2. The van der Waals surface area contributed by atoms with Gasteiger partial charge in [0.05, 0.1) is 0 Å². The normalized spacial score (nSPS) is 10.6. The Bertz CT molecular complexity index is 482. The molecule has 1 heterocycles. The number of benzene rings is 1. The summed E-state index contributed by atoms with van der Waals surface area (Å²) in [5.74, 6) is 0.842. The first-order chi connectivity index (χ1) is 7.79. The van der Waals surface area contributed by atoms with E-state index >= 15 is 0 Å². The molecule has 1 aromatic heterocycles. The Morgan fingerprint density at radius 2 is 2.06 bits per heavy atom. The molecule has 0 spiro atoms. The lowest BCUT2D eigenvalue weighted by molar-refractivity contribution is -0.670. The van der Waals surface area contributed by atoms with Crippen LogP contribution in [0.1, 0.15) is 6.92 Å². The fourth-order valence-corrected chi connectivity index (χ4v) is 1.56. The van der Waals surface area contributed by atoms with Crippen molar-refractivity contribution in [1.82, 2.24) is 0 Å². The molecular formula is C13H16NO2+. The summed E-state index contributed by atoms with van der Waals surface area (Å²) in [6, 6.07) is 8.11. The van der Waals surface area contributed by atoms with Crippen LogP contribution in [0.4, 0.5) is 0 Å². The van der Waals surface area contributed by atoms with Crippen LogP contribution in [0, 0.1) is 0 Å². The average Bonchev–Trinajstić information content (AvgIpc) is 2.29. The Morgan fingerprint density at radius 1 is 1.19 bits per heavy atom. The van der Waals surface area contributed by atoms with Gasteiger partial charge in [0, 0.05) is 18.1 Å². The van der Waals surface area contributed by atoms with E-state index in [1.54, 1.807) is 0 Å². The van der Waals surface area contributed by atoms with Gasteiger partial charge in [-0.3, -0.25) is 0 Å². The van der Waals surface area contributed by atoms with E-state index in [0.29, 0.717) is 13.4 Å². The molecule has 2 rings (SSSR count). The predicted molar refractivity (Wildman–Crippen MR) is 62.2 cm³/mol. The van der Waals surface area contributed by atoms with Crippen LogP contribution in [-0.4, -0.2) is 13.4 Å². The molecule has 0 aliphatic rings. The number of rotatable bonds is 4. The number of fused-ring (bicyclic) bond motifs is 1. The Labute approximate surface area is 95.2 Å². The SMILES string of the molecule is CCOCOc1ccc2c[n+](C)ccc2c1. The van der Waals surface area contributed by atoms with Crippen LogP contribution in [-0.2, 0) is 11.8 Å². The van der Waals surface area contributed by atoms with Gasteiger partial charge in [0.15, 0.2) is 19.2 Å². The second kappa shape index (κ2) is 4.94. The fraction of sp³-hybridized carbons (Fsp3) is 0.308. The molecule has 1 aromatic carbocycles. The minimum Gasteiger partial charge on any atom is -0.468 e. The third kappa shape index (κ3) is 2.49. The van der Waals surface area contributed by atoms with E-state index in [0.717, 1.165) is 5.75 Å². The number of hydrogen-bond donors (Lipinski definition) is 0. The molecule has 16 heavy (non-hydrogen) atoms. The summed E-state index contributed by atoms with van der Waals surface area (Å²) >= 11 is 0. The summed E-state index contributed by atoms with van der Waals surface area (Å²) in [5, 5.41) is 2.38. The van der Waals surface area contributed by atoms with Crippen LogP contribution in [0.5, 0.6) is 5.75 Å². The van der Waals surface area contributed by atoms with E-state index in [4.69, 9.17) is 9.47 Å². The summed E-state index contributed by atoms with van der Waals surface area (Å²) in [6.07, 6.45) is 4.11. The Balaban J connectivity index is 2.20. The van der Waals surface area contributed by atoms with Gasteiger partial charge in [0.1, 0.15) is 12.8 Å². The zero-order valence-electron chi connectivity index (χ0n) is 9.64. The molecular weight excluding hydrogens is 202 g/mol. The third-order valence-electron chi connectivity index (χ3n) is 2.40. The van der Waals surface area contributed by atoms with Crippen LogP contribution < -0.4 is 9.30 Å². The lowest BCUT2D eigenvalue weighted by Gasteiger charge is -2.06. The monoisotopic (exact) mass is 218 g/mol. The van der Waals surface area contributed by atoms with Crippen molar-refractivity contribution in [2.75, 3.05) is 13.4 Å². The zero-order chi connectivity index (χ0) is 11.4. The maximum Gasteiger partial charge on any atom is 0.189 e. The molecule has 0 saturated heterocycles. The molecule has 0 unspecified atom stereocenters. The van der Waals surface area contributed by atoms with Gasteiger partial charge < -0.3 is 9.47 Å². The maximum absolute atomic E-state index is 5.46. The third-order valence-corrected chi connectivity index (χ3v) is 2.40. The summed E-state index contributed by atoms with van der Waals surface area (Å²) in [4.78, 5) is 0. The molecule has 2 aromatic rings. The van der Waals surface area contributed by atoms with Gasteiger partial charge in [-0.2, -0.15) is 0 Å². The predicted octanol–water partition coefficient (Wildman–Crippen LogP) is 2.04. The molecule has 3 heteroatoms. The quantitative estimate of drug-likeness (QED) is 0.445. The first-order valence-electron chi connectivity index (χ1n) is 5.39. The molecule has 0 radical (unpaired) electrons. The highest BCUT2D eigenvalue weighted by atomic mass is 16.7.